The van der Waals surface area contributed by atoms with Gasteiger partial charge in [-0.2, -0.15) is 0 Å². The van der Waals surface area contributed by atoms with Crippen molar-refractivity contribution >= 4 is 15.7 Å². The molecule has 0 aliphatic rings. The molecule has 0 unspecified atom stereocenters. The Balaban J connectivity index is 2.09. The molecule has 3 rings (SSSR count). The van der Waals surface area contributed by atoms with Crippen LogP contribution in [0.2, 0.25) is 0 Å². The van der Waals surface area contributed by atoms with Gasteiger partial charge in [0.05, 0.1) is 16.3 Å². The summed E-state index contributed by atoms with van der Waals surface area (Å²) in [5, 5.41) is 11.1. The van der Waals surface area contributed by atoms with Crippen LogP contribution >= 0.6 is 0 Å². The van der Waals surface area contributed by atoms with Gasteiger partial charge >= 0.3 is 0 Å². The van der Waals surface area contributed by atoms with Gasteiger partial charge in [-0.15, -0.1) is 5.10 Å². The van der Waals surface area contributed by atoms with E-state index in [1.807, 2.05) is 46.8 Å². The molecular weight excluding hydrogens is 350 g/mol. The van der Waals surface area contributed by atoms with Gasteiger partial charge in [0.2, 0.25) is 0 Å². The molecule has 0 spiro atoms. The van der Waals surface area contributed by atoms with Crippen molar-refractivity contribution in [3.63, 3.8) is 0 Å². The lowest BCUT2D eigenvalue weighted by atomic mass is 10.0. The van der Waals surface area contributed by atoms with E-state index in [1.165, 1.54) is 11.0 Å². The molecule has 8 heteroatoms. The van der Waals surface area contributed by atoms with Crippen LogP contribution in [-0.2, 0) is 10.0 Å². The Hall–Kier alpha value is -2.74. The maximum Gasteiger partial charge on any atom is 0.262 e. The third kappa shape index (κ3) is 3.08. The zero-order chi connectivity index (χ0) is 19.1. The number of hydrogen-bond acceptors (Lipinski definition) is 5. The average molecular weight is 371 g/mol. The summed E-state index contributed by atoms with van der Waals surface area (Å²) in [6.07, 6.45) is 1.47. The summed E-state index contributed by atoms with van der Waals surface area (Å²) < 4.78 is 30.5. The number of sulfonamides is 1. The first-order valence-corrected chi connectivity index (χ1v) is 9.64. The first-order chi connectivity index (χ1) is 12.2. The first-order valence-electron chi connectivity index (χ1n) is 8.15. The Morgan fingerprint density at radius 2 is 1.62 bits per heavy atom. The fourth-order valence-electron chi connectivity index (χ4n) is 3.03. The number of tetrazole rings is 1. The molecule has 7 nitrogen and oxygen atoms in total. The third-order valence-corrected chi connectivity index (χ3v) is 6.35. The molecule has 0 bridgehead atoms. The Labute approximate surface area is 153 Å². The highest BCUT2D eigenvalue weighted by molar-refractivity contribution is 7.92. The highest BCUT2D eigenvalue weighted by Gasteiger charge is 2.23. The van der Waals surface area contributed by atoms with E-state index in [0.717, 1.165) is 27.8 Å². The van der Waals surface area contributed by atoms with Crippen molar-refractivity contribution in [2.45, 2.75) is 39.5 Å². The molecule has 1 aromatic heterocycles. The topological polar surface area (TPSA) is 89.8 Å². The molecule has 0 atom stereocenters. The van der Waals surface area contributed by atoms with Gasteiger partial charge in [0, 0.05) is 0 Å². The summed E-state index contributed by atoms with van der Waals surface area (Å²) in [5.41, 5.74) is 5.37. The highest BCUT2D eigenvalue weighted by atomic mass is 32.2. The first kappa shape index (κ1) is 18.1. The second kappa shape index (κ2) is 6.53. The van der Waals surface area contributed by atoms with Crippen molar-refractivity contribution < 1.29 is 8.42 Å². The summed E-state index contributed by atoms with van der Waals surface area (Å²) in [5.74, 6) is 0. The zero-order valence-corrected chi connectivity index (χ0v) is 16.2. The SMILES string of the molecule is Cc1cc(C)c(C)c(S(=O)(=O)Nc2cccc(-n3cnnn3)c2C)c1C. The molecule has 136 valence electrons. The van der Waals surface area contributed by atoms with Crippen LogP contribution in [0, 0.1) is 34.6 Å². The van der Waals surface area contributed by atoms with Crippen LogP contribution < -0.4 is 4.72 Å². The van der Waals surface area contributed by atoms with Gasteiger partial charge in [0.25, 0.3) is 10.0 Å². The summed E-state index contributed by atoms with van der Waals surface area (Å²) >= 11 is 0. The number of nitrogens with zero attached hydrogens (tertiary/aromatic N) is 4. The van der Waals surface area contributed by atoms with Crippen molar-refractivity contribution in [2.75, 3.05) is 4.72 Å². The van der Waals surface area contributed by atoms with Crippen LogP contribution in [0.4, 0.5) is 5.69 Å². The maximum atomic E-state index is 13.1. The molecule has 0 amide bonds. The van der Waals surface area contributed by atoms with Gasteiger partial charge in [0.1, 0.15) is 6.33 Å². The van der Waals surface area contributed by atoms with Crippen molar-refractivity contribution in [2.24, 2.45) is 0 Å². The third-order valence-electron chi connectivity index (χ3n) is 4.71. The maximum absolute atomic E-state index is 13.1. The van der Waals surface area contributed by atoms with Crippen LogP contribution in [0.1, 0.15) is 27.8 Å². The number of benzene rings is 2. The van der Waals surface area contributed by atoms with Gasteiger partial charge in [-0.1, -0.05) is 12.1 Å². The molecule has 1 N–H and O–H groups in total. The van der Waals surface area contributed by atoms with Crippen molar-refractivity contribution in [3.8, 4) is 5.69 Å². The number of aryl methyl sites for hydroxylation is 2. The predicted octanol–water partition coefficient (Wildman–Crippen LogP) is 3.01. The fraction of sp³-hybridized carbons (Fsp3) is 0.278. The second-order valence-electron chi connectivity index (χ2n) is 6.40. The van der Waals surface area contributed by atoms with E-state index in [4.69, 9.17) is 0 Å². The van der Waals surface area contributed by atoms with E-state index < -0.39 is 10.0 Å². The Bertz CT molecular complexity index is 1050. The summed E-state index contributed by atoms with van der Waals surface area (Å²) in [4.78, 5) is 0.335. The predicted molar refractivity (Wildman–Crippen MR) is 100 cm³/mol. The minimum atomic E-state index is -3.74. The smallest absolute Gasteiger partial charge is 0.262 e. The van der Waals surface area contributed by atoms with Crippen LogP contribution in [0.3, 0.4) is 0 Å². The van der Waals surface area contributed by atoms with Gasteiger partial charge in [-0.25, -0.2) is 13.1 Å². The molecule has 0 saturated carbocycles. The monoisotopic (exact) mass is 371 g/mol. The van der Waals surface area contributed by atoms with Gasteiger partial charge < -0.3 is 0 Å². The average Bonchev–Trinajstić information content (AvgIpc) is 3.09. The summed E-state index contributed by atoms with van der Waals surface area (Å²) in [7, 11) is -3.74. The zero-order valence-electron chi connectivity index (χ0n) is 15.4. The molecule has 0 saturated heterocycles. The molecule has 2 aromatic carbocycles. The summed E-state index contributed by atoms with van der Waals surface area (Å²) in [6, 6.07) is 7.33. The van der Waals surface area contributed by atoms with Crippen molar-refractivity contribution in [1.82, 2.24) is 20.2 Å². The van der Waals surface area contributed by atoms with Gasteiger partial charge in [-0.05, 0) is 85.0 Å². The lowest BCUT2D eigenvalue weighted by Gasteiger charge is -2.18. The highest BCUT2D eigenvalue weighted by Crippen LogP contribution is 2.29. The van der Waals surface area contributed by atoms with E-state index in [1.54, 1.807) is 12.1 Å². The van der Waals surface area contributed by atoms with Crippen LogP contribution in [0.25, 0.3) is 5.69 Å². The van der Waals surface area contributed by atoms with E-state index in [-0.39, 0.29) is 0 Å². The quantitative estimate of drug-likeness (QED) is 0.761. The van der Waals surface area contributed by atoms with E-state index in [2.05, 4.69) is 20.2 Å². The van der Waals surface area contributed by atoms with E-state index >= 15 is 0 Å². The van der Waals surface area contributed by atoms with Gasteiger partial charge in [-0.3, -0.25) is 4.72 Å². The normalized spacial score (nSPS) is 11.6. The Kier molecular flexibility index (Phi) is 4.53. The van der Waals surface area contributed by atoms with Crippen LogP contribution in [0.5, 0.6) is 0 Å². The number of hydrogen-bond donors (Lipinski definition) is 1. The Morgan fingerprint density at radius 3 is 2.19 bits per heavy atom. The van der Waals surface area contributed by atoms with Crippen molar-refractivity contribution in [3.05, 3.63) is 58.4 Å². The minimum absolute atomic E-state index is 0.335. The number of rotatable bonds is 4. The Morgan fingerprint density at radius 1 is 0.962 bits per heavy atom. The molecule has 0 aliphatic carbocycles. The van der Waals surface area contributed by atoms with E-state index in [0.29, 0.717) is 16.3 Å². The molecule has 0 aliphatic heterocycles. The lowest BCUT2D eigenvalue weighted by molar-refractivity contribution is 0.599. The molecule has 0 radical (unpaired) electrons. The number of nitrogens with one attached hydrogen (secondary N) is 1. The lowest BCUT2D eigenvalue weighted by Crippen LogP contribution is -2.18. The van der Waals surface area contributed by atoms with Gasteiger partial charge in [0.15, 0.2) is 0 Å². The number of anilines is 1. The minimum Gasteiger partial charge on any atom is -0.279 e. The molecule has 1 heterocycles. The molecule has 3 aromatic rings. The molecular formula is C18H21N5O2S. The molecule has 0 fully saturated rings. The fourth-order valence-corrected chi connectivity index (χ4v) is 4.77. The summed E-state index contributed by atoms with van der Waals surface area (Å²) in [6.45, 7) is 9.34. The second-order valence-corrected chi connectivity index (χ2v) is 8.02. The standard InChI is InChI=1S/C18H21N5O2S/c1-11-9-12(2)14(4)18(13(11)3)26(24,25)20-16-7-6-8-17(15(16)5)23-10-19-21-22-23/h6-10,20H,1-5H3. The molecule has 26 heavy (non-hydrogen) atoms. The van der Waals surface area contributed by atoms with Crippen LogP contribution in [-0.4, -0.2) is 28.6 Å². The van der Waals surface area contributed by atoms with E-state index in [9.17, 15) is 8.42 Å². The van der Waals surface area contributed by atoms with Crippen LogP contribution in [0.15, 0.2) is 35.5 Å². The van der Waals surface area contributed by atoms with Crippen molar-refractivity contribution in [1.29, 1.82) is 0 Å². The largest absolute Gasteiger partial charge is 0.279 e. The number of aromatic nitrogens is 4.